The molecule has 1 unspecified atom stereocenters. The van der Waals surface area contributed by atoms with Crippen LogP contribution in [0.3, 0.4) is 0 Å². The first-order valence-corrected chi connectivity index (χ1v) is 5.83. The monoisotopic (exact) mass is 305 g/mol. The van der Waals surface area contributed by atoms with Crippen LogP contribution in [0.2, 0.25) is 0 Å². The van der Waals surface area contributed by atoms with Gasteiger partial charge in [-0.05, 0) is 19.1 Å². The van der Waals surface area contributed by atoms with Gasteiger partial charge in [0, 0.05) is 25.2 Å². The topological polar surface area (TPSA) is 50.8 Å². The zero-order chi connectivity index (χ0) is 12.3. The predicted octanol–water partition coefficient (Wildman–Crippen LogP) is 2.46. The van der Waals surface area contributed by atoms with Crippen molar-refractivity contribution in [1.29, 1.82) is 0 Å². The lowest BCUT2D eigenvalue weighted by Gasteiger charge is -2.39. The average Bonchev–Trinajstić information content (AvgIpc) is 2.33. The fraction of sp³-hybridized carbons (Fsp3) is 0.462. The second-order valence-electron chi connectivity index (χ2n) is 4.65. The van der Waals surface area contributed by atoms with Gasteiger partial charge in [-0.15, -0.1) is 24.8 Å². The summed E-state index contributed by atoms with van der Waals surface area (Å²) in [5.41, 5.74) is 8.00. The Bertz CT molecular complexity index is 410. The number of hydrogen-bond donors (Lipinski definition) is 1. The zero-order valence-electron chi connectivity index (χ0n) is 11.2. The van der Waals surface area contributed by atoms with Crippen LogP contribution >= 0.6 is 24.8 Å². The van der Waals surface area contributed by atoms with Gasteiger partial charge in [0.15, 0.2) is 0 Å². The molecule has 0 aliphatic carbocycles. The molecule has 1 atom stereocenters. The van der Waals surface area contributed by atoms with E-state index in [1.54, 1.807) is 7.11 Å². The van der Waals surface area contributed by atoms with Crippen molar-refractivity contribution >= 4 is 36.2 Å². The molecule has 0 amide bonds. The Morgan fingerprint density at radius 3 is 2.42 bits per heavy atom. The molecular weight excluding hydrogens is 285 g/mol. The van der Waals surface area contributed by atoms with E-state index in [0.717, 1.165) is 25.2 Å². The largest absolute Gasteiger partial charge is 0.399 e. The number of rotatable bonds is 2. The molecular formula is C13H21Cl2N3O. The van der Waals surface area contributed by atoms with Crippen molar-refractivity contribution in [3.8, 4) is 0 Å². The molecule has 6 heteroatoms. The van der Waals surface area contributed by atoms with Crippen LogP contribution in [0.5, 0.6) is 0 Å². The number of piperidine rings is 1. The van der Waals surface area contributed by atoms with Crippen LogP contribution in [0, 0.1) is 0 Å². The van der Waals surface area contributed by atoms with Crippen molar-refractivity contribution in [1.82, 2.24) is 0 Å². The van der Waals surface area contributed by atoms with E-state index >= 15 is 0 Å². The lowest BCUT2D eigenvalue weighted by atomic mass is 9.89. The number of benzene rings is 1. The number of nitrogens with two attached hydrogens (primary N) is 1. The van der Waals surface area contributed by atoms with Crippen LogP contribution in [-0.4, -0.2) is 31.4 Å². The van der Waals surface area contributed by atoms with Crippen molar-refractivity contribution in [2.45, 2.75) is 18.9 Å². The van der Waals surface area contributed by atoms with Crippen LogP contribution in [0.4, 0.5) is 5.69 Å². The molecule has 108 valence electrons. The van der Waals surface area contributed by atoms with E-state index in [2.05, 4.69) is 22.2 Å². The van der Waals surface area contributed by atoms with Gasteiger partial charge in [0.25, 0.3) is 0 Å². The minimum atomic E-state index is -0.426. The van der Waals surface area contributed by atoms with Crippen LogP contribution in [-0.2, 0) is 4.84 Å². The molecule has 4 nitrogen and oxygen atoms in total. The smallest absolute Gasteiger partial charge is 0.106 e. The van der Waals surface area contributed by atoms with Gasteiger partial charge in [0.2, 0.25) is 0 Å². The highest BCUT2D eigenvalue weighted by molar-refractivity contribution is 5.94. The molecule has 2 N–H and O–H groups in total. The van der Waals surface area contributed by atoms with Gasteiger partial charge in [-0.25, -0.2) is 0 Å². The zero-order valence-corrected chi connectivity index (χ0v) is 12.8. The molecule has 1 aliphatic heterocycles. The summed E-state index contributed by atoms with van der Waals surface area (Å²) >= 11 is 0. The Kier molecular flexibility index (Phi) is 7.19. The minimum Gasteiger partial charge on any atom is -0.399 e. The summed E-state index contributed by atoms with van der Waals surface area (Å²) in [4.78, 5) is 7.13. The molecule has 19 heavy (non-hydrogen) atoms. The molecule has 2 rings (SSSR count). The fourth-order valence-corrected chi connectivity index (χ4v) is 2.21. The van der Waals surface area contributed by atoms with Crippen molar-refractivity contribution in [2.24, 2.45) is 10.9 Å². The molecule has 1 saturated heterocycles. The summed E-state index contributed by atoms with van der Waals surface area (Å²) in [6.45, 7) is 3.69. The quantitative estimate of drug-likeness (QED) is 0.854. The summed E-state index contributed by atoms with van der Waals surface area (Å²) in [6, 6.07) is 10.3. The number of oxime groups is 1. The first-order chi connectivity index (χ1) is 8.13. The summed E-state index contributed by atoms with van der Waals surface area (Å²) in [7, 11) is 1.56. The lowest BCUT2D eigenvalue weighted by molar-refractivity contribution is 0.208. The minimum absolute atomic E-state index is 0. The molecule has 1 aliphatic rings. The highest BCUT2D eigenvalue weighted by Gasteiger charge is 2.33. The summed E-state index contributed by atoms with van der Waals surface area (Å²) in [6.07, 6.45) is 0.843. The van der Waals surface area contributed by atoms with Gasteiger partial charge < -0.3 is 15.5 Å². The maximum atomic E-state index is 6.28. The number of nitrogens with zero attached hydrogens (tertiary/aromatic N) is 2. The van der Waals surface area contributed by atoms with Crippen molar-refractivity contribution in [2.75, 3.05) is 25.1 Å². The predicted molar refractivity (Wildman–Crippen MR) is 84.8 cm³/mol. The molecule has 1 heterocycles. The summed E-state index contributed by atoms with van der Waals surface area (Å²) in [5, 5.41) is 4.03. The van der Waals surface area contributed by atoms with E-state index in [4.69, 9.17) is 10.6 Å². The molecule has 1 aromatic carbocycles. The summed E-state index contributed by atoms with van der Waals surface area (Å²) < 4.78 is 0. The number of halogens is 2. The highest BCUT2D eigenvalue weighted by Crippen LogP contribution is 2.22. The van der Waals surface area contributed by atoms with Gasteiger partial charge in [-0.2, -0.15) is 0 Å². The van der Waals surface area contributed by atoms with E-state index < -0.39 is 5.54 Å². The Morgan fingerprint density at radius 2 is 1.89 bits per heavy atom. The number of hydrogen-bond acceptors (Lipinski definition) is 4. The lowest BCUT2D eigenvalue weighted by Crippen LogP contribution is -2.58. The van der Waals surface area contributed by atoms with Gasteiger partial charge in [0.05, 0.1) is 11.3 Å². The first kappa shape index (κ1) is 18.0. The third-order valence-electron chi connectivity index (χ3n) is 3.12. The molecule has 1 fully saturated rings. The van der Waals surface area contributed by atoms with Gasteiger partial charge in [0.1, 0.15) is 7.11 Å². The second kappa shape index (κ2) is 7.58. The van der Waals surface area contributed by atoms with Crippen molar-refractivity contribution in [3.63, 3.8) is 0 Å². The van der Waals surface area contributed by atoms with Crippen LogP contribution in [0.15, 0.2) is 35.5 Å². The third kappa shape index (κ3) is 4.27. The molecule has 0 aromatic heterocycles. The maximum Gasteiger partial charge on any atom is 0.106 e. The van der Waals surface area contributed by atoms with Gasteiger partial charge in [-0.3, -0.25) is 0 Å². The number of anilines is 1. The summed E-state index contributed by atoms with van der Waals surface area (Å²) in [5.74, 6) is 0. The van der Waals surface area contributed by atoms with Crippen LogP contribution in [0.25, 0.3) is 0 Å². The van der Waals surface area contributed by atoms with E-state index in [-0.39, 0.29) is 24.8 Å². The third-order valence-corrected chi connectivity index (χ3v) is 3.12. The van der Waals surface area contributed by atoms with Gasteiger partial charge >= 0.3 is 0 Å². The molecule has 0 spiro atoms. The Morgan fingerprint density at radius 1 is 1.26 bits per heavy atom. The SMILES string of the molecule is CON=C1CCN(c2ccccc2)CC1(C)N.Cl.Cl. The average molecular weight is 306 g/mol. The molecule has 1 aromatic rings. The molecule has 0 saturated carbocycles. The van der Waals surface area contributed by atoms with Crippen molar-refractivity contribution in [3.05, 3.63) is 30.3 Å². The maximum absolute atomic E-state index is 6.28. The normalized spacial score (nSPS) is 24.4. The van der Waals surface area contributed by atoms with E-state index in [1.807, 2.05) is 25.1 Å². The van der Waals surface area contributed by atoms with E-state index in [9.17, 15) is 0 Å². The first-order valence-electron chi connectivity index (χ1n) is 5.83. The molecule has 0 radical (unpaired) electrons. The second-order valence-corrected chi connectivity index (χ2v) is 4.65. The van der Waals surface area contributed by atoms with Crippen LogP contribution < -0.4 is 10.6 Å². The Hall–Kier alpha value is -0.970. The standard InChI is InChI=1S/C13H19N3O.2ClH/c1-13(14)10-16(9-8-12(13)15-17-2)11-6-4-3-5-7-11;;/h3-7H,8-10,14H2,1-2H3;2*1H. The van der Waals surface area contributed by atoms with Crippen molar-refractivity contribution < 1.29 is 4.84 Å². The Labute approximate surface area is 126 Å². The highest BCUT2D eigenvalue weighted by atomic mass is 35.5. The fourth-order valence-electron chi connectivity index (χ4n) is 2.21. The Balaban J connectivity index is 0.00000162. The van der Waals surface area contributed by atoms with E-state index in [1.165, 1.54) is 5.69 Å². The number of para-hydroxylation sites is 1. The van der Waals surface area contributed by atoms with Gasteiger partial charge in [-0.1, -0.05) is 23.4 Å². The van der Waals surface area contributed by atoms with E-state index in [0.29, 0.717) is 0 Å². The van der Waals surface area contributed by atoms with Crippen LogP contribution in [0.1, 0.15) is 13.3 Å². The molecule has 0 bridgehead atoms.